The summed E-state index contributed by atoms with van der Waals surface area (Å²) in [7, 11) is 0. The molecule has 176 valence electrons. The molecule has 0 amide bonds. The number of hydrogen-bond acceptors (Lipinski definition) is 7. The first kappa shape index (κ1) is 26.6. The Morgan fingerprint density at radius 2 is 1.88 bits per heavy atom. The quantitative estimate of drug-likeness (QED) is 0.382. The van der Waals surface area contributed by atoms with E-state index < -0.39 is 24.5 Å². The third-order valence-corrected chi connectivity index (χ3v) is 9.19. The van der Waals surface area contributed by atoms with E-state index in [1.165, 1.54) is 5.57 Å². The zero-order valence-corrected chi connectivity index (χ0v) is 21.9. The number of aliphatic hydroxyl groups is 1. The van der Waals surface area contributed by atoms with Crippen molar-refractivity contribution in [3.05, 3.63) is 11.6 Å². The molecule has 0 aliphatic heterocycles. The van der Waals surface area contributed by atoms with E-state index >= 15 is 0 Å². The normalized spacial score (nSPS) is 39.3. The Balaban J connectivity index is 0.00000306. The standard InChI is InChI=1S/C25H34O7.Na/c1-24-10-9-15(26)11-14(24)3-4-16-17-5-6-18(25(17,2)12-19(27)23(16)24)20(28)13-32-22(31)8-7-21(29)30;/h11,16-19,23,27H,3-10,12-13H2,1-2H3,(H,29,30);/q;+1/p-1/t16-,17-,18+,19-,23+,24-,25-;/m0./s1. The number of aliphatic hydroxyl groups excluding tert-OH is 1. The molecule has 0 aromatic rings. The van der Waals surface area contributed by atoms with Gasteiger partial charge in [0.15, 0.2) is 11.6 Å². The molecule has 33 heavy (non-hydrogen) atoms. The number of carbonyl (C=O) groups excluding carboxylic acids is 4. The summed E-state index contributed by atoms with van der Waals surface area (Å²) in [6.07, 6.45) is 5.81. The van der Waals surface area contributed by atoms with Crippen molar-refractivity contribution in [2.45, 2.75) is 77.7 Å². The number of ether oxygens (including phenoxy) is 1. The van der Waals surface area contributed by atoms with E-state index in [1.54, 1.807) is 0 Å². The van der Waals surface area contributed by atoms with Gasteiger partial charge in [-0.3, -0.25) is 14.4 Å². The summed E-state index contributed by atoms with van der Waals surface area (Å²) in [5.74, 6) is -1.55. The van der Waals surface area contributed by atoms with E-state index in [0.29, 0.717) is 31.1 Å². The zero-order valence-electron chi connectivity index (χ0n) is 19.9. The van der Waals surface area contributed by atoms with Crippen LogP contribution in [-0.2, 0) is 23.9 Å². The average molecular weight is 469 g/mol. The summed E-state index contributed by atoms with van der Waals surface area (Å²) in [6.45, 7) is 3.95. The van der Waals surface area contributed by atoms with Crippen LogP contribution in [0.25, 0.3) is 0 Å². The first-order valence-corrected chi connectivity index (χ1v) is 11.9. The van der Waals surface area contributed by atoms with Crippen LogP contribution in [0.3, 0.4) is 0 Å². The second-order valence-electron chi connectivity index (χ2n) is 10.8. The Bertz CT molecular complexity index is 867. The molecule has 7 atom stereocenters. The number of Topliss-reactive ketones (excluding diaryl/α,β-unsaturated/α-hetero) is 1. The number of carbonyl (C=O) groups is 4. The third kappa shape index (κ3) is 4.75. The number of carboxylic acid groups (broad SMARTS) is 1. The van der Waals surface area contributed by atoms with Crippen molar-refractivity contribution in [1.82, 2.24) is 0 Å². The van der Waals surface area contributed by atoms with Crippen LogP contribution in [0.15, 0.2) is 11.6 Å². The van der Waals surface area contributed by atoms with Gasteiger partial charge < -0.3 is 19.7 Å². The minimum absolute atomic E-state index is 0. The SMILES string of the molecule is C[C@]12C[C@H](O)[C@H]3[C@@H](CCC4=CC(=O)CC[C@@]43C)[C@@H]1CC[C@@H]2C(=O)COC(=O)CCC(=O)[O-].[Na+]. The van der Waals surface area contributed by atoms with Crippen molar-refractivity contribution < 1.29 is 63.7 Å². The van der Waals surface area contributed by atoms with Gasteiger partial charge in [-0.1, -0.05) is 19.4 Å². The summed E-state index contributed by atoms with van der Waals surface area (Å²) < 4.78 is 5.04. The molecule has 0 bridgehead atoms. The molecule has 0 aromatic carbocycles. The van der Waals surface area contributed by atoms with Gasteiger partial charge in [0.1, 0.15) is 6.61 Å². The Labute approximate surface area is 217 Å². The van der Waals surface area contributed by atoms with Crippen LogP contribution in [0.2, 0.25) is 0 Å². The largest absolute Gasteiger partial charge is 1.00 e. The second-order valence-corrected chi connectivity index (χ2v) is 10.8. The molecule has 1 N–H and O–H groups in total. The maximum Gasteiger partial charge on any atom is 1.00 e. The number of rotatable bonds is 6. The Morgan fingerprint density at radius 3 is 2.58 bits per heavy atom. The van der Waals surface area contributed by atoms with Crippen LogP contribution in [0.5, 0.6) is 0 Å². The smallest absolute Gasteiger partial charge is 0.550 e. The molecule has 4 aliphatic carbocycles. The van der Waals surface area contributed by atoms with Crippen LogP contribution in [0.4, 0.5) is 0 Å². The number of allylic oxidation sites excluding steroid dienone is 1. The van der Waals surface area contributed by atoms with Gasteiger partial charge in [0.05, 0.1) is 12.5 Å². The molecule has 0 unspecified atom stereocenters. The topological polar surface area (TPSA) is 121 Å². The Kier molecular flexibility index (Phi) is 7.99. The van der Waals surface area contributed by atoms with E-state index in [4.69, 9.17) is 4.74 Å². The van der Waals surface area contributed by atoms with Gasteiger partial charge in [0.2, 0.25) is 0 Å². The van der Waals surface area contributed by atoms with Crippen molar-refractivity contribution in [2.24, 2.45) is 34.5 Å². The average Bonchev–Trinajstić information content (AvgIpc) is 3.07. The number of ketones is 2. The van der Waals surface area contributed by atoms with Gasteiger partial charge in [-0.2, -0.15) is 0 Å². The van der Waals surface area contributed by atoms with Gasteiger partial charge in [-0.05, 0) is 79.6 Å². The summed E-state index contributed by atoms with van der Waals surface area (Å²) >= 11 is 0. The summed E-state index contributed by atoms with van der Waals surface area (Å²) in [6, 6.07) is 0. The Morgan fingerprint density at radius 1 is 1.15 bits per heavy atom. The molecule has 8 heteroatoms. The van der Waals surface area contributed by atoms with Crippen molar-refractivity contribution in [1.29, 1.82) is 0 Å². The van der Waals surface area contributed by atoms with Crippen LogP contribution >= 0.6 is 0 Å². The summed E-state index contributed by atoms with van der Waals surface area (Å²) in [5, 5.41) is 21.8. The van der Waals surface area contributed by atoms with Gasteiger partial charge in [-0.15, -0.1) is 0 Å². The molecule has 0 aromatic heterocycles. The minimum Gasteiger partial charge on any atom is -0.550 e. The van der Waals surface area contributed by atoms with E-state index in [2.05, 4.69) is 13.8 Å². The molecule has 0 spiro atoms. The maximum atomic E-state index is 13.0. The number of fused-ring (bicyclic) bond motifs is 5. The van der Waals surface area contributed by atoms with Crippen LogP contribution in [-0.4, -0.2) is 41.3 Å². The summed E-state index contributed by atoms with van der Waals surface area (Å²) in [4.78, 5) is 47.2. The van der Waals surface area contributed by atoms with Crippen molar-refractivity contribution in [2.75, 3.05) is 6.61 Å². The Hall–Kier alpha value is -1.02. The summed E-state index contributed by atoms with van der Waals surface area (Å²) in [5.41, 5.74) is 0.678. The van der Waals surface area contributed by atoms with E-state index in [0.717, 1.165) is 25.7 Å². The monoisotopic (exact) mass is 468 g/mol. The molecular formula is C25H33NaO7. The van der Waals surface area contributed by atoms with Crippen molar-refractivity contribution in [3.8, 4) is 0 Å². The fourth-order valence-corrected chi connectivity index (χ4v) is 7.74. The van der Waals surface area contributed by atoms with Crippen molar-refractivity contribution >= 4 is 23.5 Å². The van der Waals surface area contributed by atoms with E-state index in [9.17, 15) is 29.4 Å². The second kappa shape index (κ2) is 9.92. The van der Waals surface area contributed by atoms with Gasteiger partial charge in [0, 0.05) is 18.3 Å². The maximum absolute atomic E-state index is 13.0. The number of esters is 1. The first-order chi connectivity index (χ1) is 15.1. The third-order valence-electron chi connectivity index (χ3n) is 9.19. The number of aliphatic carboxylic acids is 1. The molecule has 3 saturated carbocycles. The van der Waals surface area contributed by atoms with Crippen molar-refractivity contribution in [3.63, 3.8) is 0 Å². The number of hydrogen-bond donors (Lipinski definition) is 1. The first-order valence-electron chi connectivity index (χ1n) is 11.9. The van der Waals surface area contributed by atoms with E-state index in [1.807, 2.05) is 6.08 Å². The van der Waals surface area contributed by atoms with Crippen LogP contribution in [0, 0.1) is 34.5 Å². The minimum atomic E-state index is -1.33. The predicted octanol–water partition coefficient (Wildman–Crippen LogP) is -1.25. The molecular weight excluding hydrogens is 435 g/mol. The van der Waals surface area contributed by atoms with Crippen LogP contribution in [0.1, 0.15) is 71.6 Å². The van der Waals surface area contributed by atoms with E-state index in [-0.39, 0.29) is 76.8 Å². The predicted molar refractivity (Wildman–Crippen MR) is 112 cm³/mol. The molecule has 4 aliphatic rings. The fraction of sp³-hybridized carbons (Fsp3) is 0.760. The molecule has 3 fully saturated rings. The van der Waals surface area contributed by atoms with Gasteiger partial charge in [-0.25, -0.2) is 0 Å². The van der Waals surface area contributed by atoms with Crippen LogP contribution < -0.4 is 34.7 Å². The van der Waals surface area contributed by atoms with Gasteiger partial charge >= 0.3 is 35.5 Å². The molecule has 7 nitrogen and oxygen atoms in total. The molecule has 4 rings (SSSR count). The zero-order chi connectivity index (χ0) is 23.3. The molecule has 0 heterocycles. The van der Waals surface area contributed by atoms with Gasteiger partial charge in [0.25, 0.3) is 0 Å². The molecule has 0 saturated heterocycles. The molecule has 0 radical (unpaired) electrons. The number of carboxylic acids is 1. The fourth-order valence-electron chi connectivity index (χ4n) is 7.74.